The highest BCUT2D eigenvalue weighted by molar-refractivity contribution is 6.30. The number of carbonyl (C=O) groups is 1. The average Bonchev–Trinajstić information content (AvgIpc) is 3.15. The molecule has 1 aromatic carbocycles. The lowest BCUT2D eigenvalue weighted by Gasteiger charge is -2.00. The fourth-order valence-corrected chi connectivity index (χ4v) is 2.17. The highest BCUT2D eigenvalue weighted by Crippen LogP contribution is 2.27. The summed E-state index contributed by atoms with van der Waals surface area (Å²) in [5, 5.41) is 9.49. The van der Waals surface area contributed by atoms with E-state index in [-0.39, 0.29) is 12.8 Å². The topological polar surface area (TPSA) is 81.1 Å². The van der Waals surface area contributed by atoms with Gasteiger partial charge in [0.05, 0.1) is 6.42 Å². The molecule has 0 aliphatic rings. The van der Waals surface area contributed by atoms with Crippen LogP contribution in [0, 0.1) is 0 Å². The van der Waals surface area contributed by atoms with Gasteiger partial charge in [-0.1, -0.05) is 23.7 Å². The molecule has 7 heteroatoms. The normalized spacial score (nSPS) is 10.8. The molecule has 6 nitrogen and oxygen atoms in total. The predicted octanol–water partition coefficient (Wildman–Crippen LogP) is 3.20. The van der Waals surface area contributed by atoms with E-state index in [1.165, 1.54) is 0 Å². The van der Waals surface area contributed by atoms with Crippen molar-refractivity contribution in [3.8, 4) is 17.3 Å². The molecule has 0 amide bonds. The second-order valence-electron chi connectivity index (χ2n) is 4.64. The Labute approximate surface area is 131 Å². The van der Waals surface area contributed by atoms with Crippen molar-refractivity contribution in [2.75, 3.05) is 0 Å². The molecule has 0 saturated heterocycles. The highest BCUT2D eigenvalue weighted by atomic mass is 35.5. The molecule has 1 N–H and O–H groups in total. The van der Waals surface area contributed by atoms with E-state index in [0.29, 0.717) is 22.5 Å². The fraction of sp³-hybridized carbons (Fsp3) is 0.133. The second kappa shape index (κ2) is 6.03. The Morgan fingerprint density at radius 2 is 2.09 bits per heavy atom. The van der Waals surface area contributed by atoms with Gasteiger partial charge in [-0.25, -0.2) is 4.98 Å². The number of carboxylic acids is 1. The van der Waals surface area contributed by atoms with Crippen LogP contribution >= 0.6 is 11.6 Å². The Balaban J connectivity index is 2.01. The third-order valence-electron chi connectivity index (χ3n) is 3.09. The number of benzene rings is 1. The zero-order valence-electron chi connectivity index (χ0n) is 11.4. The van der Waals surface area contributed by atoms with Crippen molar-refractivity contribution in [1.29, 1.82) is 0 Å². The summed E-state index contributed by atoms with van der Waals surface area (Å²) in [6, 6.07) is 7.50. The number of nitrogens with zero attached hydrogens (tertiary/aromatic N) is 3. The Kier molecular flexibility index (Phi) is 3.93. The number of imidazole rings is 1. The lowest BCUT2D eigenvalue weighted by Crippen LogP contribution is -1.97. The van der Waals surface area contributed by atoms with Gasteiger partial charge in [-0.15, -0.1) is 0 Å². The van der Waals surface area contributed by atoms with Crippen LogP contribution in [0.25, 0.3) is 17.3 Å². The fourth-order valence-electron chi connectivity index (χ4n) is 2.05. The molecule has 3 rings (SSSR count). The first kappa shape index (κ1) is 14.3. The summed E-state index contributed by atoms with van der Waals surface area (Å²) in [6.45, 7) is 0. The van der Waals surface area contributed by atoms with E-state index in [9.17, 15) is 4.79 Å². The van der Waals surface area contributed by atoms with Gasteiger partial charge in [-0.05, 0) is 12.1 Å². The molecule has 3 aromatic rings. The number of aryl methyl sites for hydroxylation is 1. The van der Waals surface area contributed by atoms with Crippen LogP contribution in [0.2, 0.25) is 5.02 Å². The summed E-state index contributed by atoms with van der Waals surface area (Å²) in [7, 11) is 0. The lowest BCUT2D eigenvalue weighted by atomic mass is 10.1. The zero-order valence-corrected chi connectivity index (χ0v) is 12.2. The van der Waals surface area contributed by atoms with Crippen LogP contribution in [0.5, 0.6) is 0 Å². The Morgan fingerprint density at radius 3 is 2.73 bits per heavy atom. The lowest BCUT2D eigenvalue weighted by molar-refractivity contribution is -0.137. The van der Waals surface area contributed by atoms with E-state index in [1.807, 2.05) is 12.1 Å². The summed E-state index contributed by atoms with van der Waals surface area (Å²) in [4.78, 5) is 19.2. The van der Waals surface area contributed by atoms with Crippen LogP contribution in [0.4, 0.5) is 0 Å². The number of halogens is 1. The Hall–Kier alpha value is -2.60. The summed E-state index contributed by atoms with van der Waals surface area (Å²) in [5.74, 6) is -0.365. The number of oxazole rings is 1. The number of rotatable bonds is 5. The molecule has 2 aromatic heterocycles. The van der Waals surface area contributed by atoms with Crippen LogP contribution in [-0.4, -0.2) is 25.6 Å². The summed E-state index contributed by atoms with van der Waals surface area (Å²) >= 11 is 5.89. The molecule has 0 fully saturated rings. The molecule has 112 valence electrons. The second-order valence-corrected chi connectivity index (χ2v) is 5.08. The van der Waals surface area contributed by atoms with Crippen molar-refractivity contribution >= 4 is 17.6 Å². The first-order chi connectivity index (χ1) is 10.6. The minimum Gasteiger partial charge on any atom is -0.481 e. The number of aromatic nitrogens is 3. The van der Waals surface area contributed by atoms with E-state index in [4.69, 9.17) is 21.1 Å². The van der Waals surface area contributed by atoms with E-state index in [1.54, 1.807) is 35.4 Å². The smallest absolute Gasteiger partial charge is 0.307 e. The van der Waals surface area contributed by atoms with Crippen LogP contribution in [-0.2, 0) is 11.2 Å². The summed E-state index contributed by atoms with van der Waals surface area (Å²) in [6.07, 6.45) is 5.12. The Morgan fingerprint density at radius 1 is 1.32 bits per heavy atom. The zero-order chi connectivity index (χ0) is 15.5. The third kappa shape index (κ3) is 3.01. The SMILES string of the molecule is O=C(O)CCc1oc(-n2ccnc2)nc1-c1ccc(Cl)cc1. The van der Waals surface area contributed by atoms with Gasteiger partial charge in [0, 0.05) is 29.4 Å². The standard InChI is InChI=1S/C15H12ClN3O3/c16-11-3-1-10(2-4-11)14-12(5-6-13(20)21)22-15(18-14)19-8-7-17-9-19/h1-4,7-9H,5-6H2,(H,20,21). The molecule has 0 unspecified atom stereocenters. The van der Waals surface area contributed by atoms with Crippen molar-refractivity contribution in [3.63, 3.8) is 0 Å². The van der Waals surface area contributed by atoms with E-state index in [2.05, 4.69) is 9.97 Å². The minimum atomic E-state index is -0.886. The van der Waals surface area contributed by atoms with Crippen LogP contribution < -0.4 is 0 Å². The monoisotopic (exact) mass is 317 g/mol. The van der Waals surface area contributed by atoms with Crippen molar-refractivity contribution in [3.05, 3.63) is 53.8 Å². The van der Waals surface area contributed by atoms with E-state index < -0.39 is 5.97 Å². The van der Waals surface area contributed by atoms with Crippen LogP contribution in [0.3, 0.4) is 0 Å². The molecule has 0 bridgehead atoms. The molecular formula is C15H12ClN3O3. The van der Waals surface area contributed by atoms with Crippen molar-refractivity contribution < 1.29 is 14.3 Å². The minimum absolute atomic E-state index is 0.0286. The first-order valence-electron chi connectivity index (χ1n) is 6.59. The maximum atomic E-state index is 10.8. The van der Waals surface area contributed by atoms with Gasteiger partial charge in [-0.3, -0.25) is 9.36 Å². The van der Waals surface area contributed by atoms with Crippen LogP contribution in [0.1, 0.15) is 12.2 Å². The maximum absolute atomic E-state index is 10.8. The van der Waals surface area contributed by atoms with Crippen LogP contribution in [0.15, 0.2) is 47.4 Å². The molecule has 22 heavy (non-hydrogen) atoms. The van der Waals surface area contributed by atoms with Gasteiger partial charge >= 0.3 is 12.0 Å². The molecule has 0 saturated carbocycles. The molecule has 0 aliphatic carbocycles. The average molecular weight is 318 g/mol. The van der Waals surface area contributed by atoms with Gasteiger partial charge in [0.25, 0.3) is 0 Å². The van der Waals surface area contributed by atoms with E-state index >= 15 is 0 Å². The van der Waals surface area contributed by atoms with Gasteiger partial charge in [0.1, 0.15) is 17.8 Å². The number of hydrogen-bond acceptors (Lipinski definition) is 4. The quantitative estimate of drug-likeness (QED) is 0.781. The van der Waals surface area contributed by atoms with Crippen molar-refractivity contribution in [1.82, 2.24) is 14.5 Å². The van der Waals surface area contributed by atoms with Gasteiger partial charge < -0.3 is 9.52 Å². The molecular weight excluding hydrogens is 306 g/mol. The van der Waals surface area contributed by atoms with E-state index in [0.717, 1.165) is 5.56 Å². The largest absolute Gasteiger partial charge is 0.481 e. The van der Waals surface area contributed by atoms with Gasteiger partial charge in [-0.2, -0.15) is 4.98 Å². The predicted molar refractivity (Wildman–Crippen MR) is 80.0 cm³/mol. The number of aliphatic carboxylic acids is 1. The first-order valence-corrected chi connectivity index (χ1v) is 6.97. The highest BCUT2D eigenvalue weighted by Gasteiger charge is 2.17. The molecule has 0 radical (unpaired) electrons. The molecule has 2 heterocycles. The molecule has 0 aliphatic heterocycles. The Bertz CT molecular complexity index is 779. The molecule has 0 spiro atoms. The molecule has 0 atom stereocenters. The van der Waals surface area contributed by atoms with Crippen molar-refractivity contribution in [2.24, 2.45) is 0 Å². The van der Waals surface area contributed by atoms with Crippen molar-refractivity contribution in [2.45, 2.75) is 12.8 Å². The maximum Gasteiger partial charge on any atom is 0.307 e. The third-order valence-corrected chi connectivity index (χ3v) is 3.35. The number of carboxylic acid groups (broad SMARTS) is 1. The summed E-state index contributed by atoms with van der Waals surface area (Å²) < 4.78 is 7.34. The van der Waals surface area contributed by atoms with Gasteiger partial charge in [0.2, 0.25) is 0 Å². The summed E-state index contributed by atoms with van der Waals surface area (Å²) in [5.41, 5.74) is 1.43. The number of hydrogen-bond donors (Lipinski definition) is 1. The van der Waals surface area contributed by atoms with Gasteiger partial charge in [0.15, 0.2) is 0 Å².